The number of carbonyl (C=O) groups excluding carboxylic acids is 7. The van der Waals surface area contributed by atoms with Gasteiger partial charge in [0.25, 0.3) is 0 Å². The molecular formula is C42H36O15. The second kappa shape index (κ2) is 17.5. The molecule has 0 aliphatic carbocycles. The Morgan fingerprint density at radius 2 is 0.912 bits per heavy atom. The number of benzene rings is 4. The molecule has 0 spiro atoms. The largest absolute Gasteiger partial charge is 0.484 e. The normalized spacial score (nSPS) is 14.1. The van der Waals surface area contributed by atoms with Gasteiger partial charge in [0.05, 0.1) is 5.92 Å². The van der Waals surface area contributed by atoms with E-state index in [1.54, 1.807) is 42.5 Å². The number of fused-ring (bicyclic) bond motifs is 1. The molecule has 15 nitrogen and oxygen atoms in total. The van der Waals surface area contributed by atoms with Crippen LogP contribution in [0.3, 0.4) is 0 Å². The fourth-order valence-electron chi connectivity index (χ4n) is 6.06. The minimum absolute atomic E-state index is 0.0129. The number of esters is 7. The Kier molecular flexibility index (Phi) is 12.5. The van der Waals surface area contributed by atoms with Crippen molar-refractivity contribution in [3.05, 3.63) is 94.5 Å². The van der Waals surface area contributed by atoms with Gasteiger partial charge in [0.2, 0.25) is 0 Å². The van der Waals surface area contributed by atoms with E-state index in [4.69, 9.17) is 37.9 Å². The summed E-state index contributed by atoms with van der Waals surface area (Å²) in [5.41, 5.74) is 2.34. The Labute approximate surface area is 326 Å². The summed E-state index contributed by atoms with van der Waals surface area (Å²) in [5, 5.41) is 0. The SMILES string of the molecule is CC(=O)Oc1cc(OC(C)=O)cc([C@H]2c3c(C=Cc4ccc(OC(C)=O)c(OC(C)=O)c4)cc(OC(C)=O)cc3O[C@@H]2c2ccc(OC(C)=O)c(OC(C)=O)c2)c1. The van der Waals surface area contributed by atoms with Crippen molar-refractivity contribution in [2.24, 2.45) is 0 Å². The zero-order valence-corrected chi connectivity index (χ0v) is 31.8. The first-order valence-corrected chi connectivity index (χ1v) is 17.2. The highest BCUT2D eigenvalue weighted by Crippen LogP contribution is 2.54. The quantitative estimate of drug-likeness (QED) is 0.0897. The van der Waals surface area contributed by atoms with Crippen LogP contribution in [0.25, 0.3) is 12.2 Å². The van der Waals surface area contributed by atoms with Crippen molar-refractivity contribution < 1.29 is 71.5 Å². The summed E-state index contributed by atoms with van der Waals surface area (Å²) in [6.07, 6.45) is 2.38. The van der Waals surface area contributed by atoms with Gasteiger partial charge in [-0.3, -0.25) is 33.6 Å². The Hall–Kier alpha value is -7.29. The molecule has 4 aromatic rings. The highest BCUT2D eigenvalue weighted by atomic mass is 16.6. The van der Waals surface area contributed by atoms with E-state index in [-0.39, 0.29) is 46.0 Å². The highest BCUT2D eigenvalue weighted by Gasteiger charge is 2.40. The van der Waals surface area contributed by atoms with Gasteiger partial charge in [-0.15, -0.1) is 0 Å². The van der Waals surface area contributed by atoms with E-state index in [1.807, 2.05) is 0 Å². The van der Waals surface area contributed by atoms with E-state index in [0.29, 0.717) is 27.8 Å². The molecule has 0 amide bonds. The zero-order valence-electron chi connectivity index (χ0n) is 31.8. The van der Waals surface area contributed by atoms with E-state index < -0.39 is 53.8 Å². The van der Waals surface area contributed by atoms with Gasteiger partial charge < -0.3 is 37.9 Å². The average Bonchev–Trinajstić information content (AvgIpc) is 3.47. The molecule has 5 rings (SSSR count). The molecular weight excluding hydrogens is 744 g/mol. The van der Waals surface area contributed by atoms with Crippen LogP contribution in [0.2, 0.25) is 0 Å². The highest BCUT2D eigenvalue weighted by molar-refractivity contribution is 5.80. The number of rotatable bonds is 11. The van der Waals surface area contributed by atoms with Gasteiger partial charge in [-0.05, 0) is 64.7 Å². The summed E-state index contributed by atoms with van der Waals surface area (Å²) in [4.78, 5) is 84.0. The first-order valence-electron chi connectivity index (χ1n) is 17.2. The maximum Gasteiger partial charge on any atom is 0.308 e. The van der Waals surface area contributed by atoms with E-state index in [0.717, 1.165) is 0 Å². The molecule has 294 valence electrons. The molecule has 2 atom stereocenters. The maximum atomic E-state index is 12.2. The van der Waals surface area contributed by atoms with Crippen LogP contribution in [0.4, 0.5) is 0 Å². The van der Waals surface area contributed by atoms with Gasteiger partial charge in [-0.2, -0.15) is 0 Å². The van der Waals surface area contributed by atoms with Gasteiger partial charge in [0, 0.05) is 66.2 Å². The van der Waals surface area contributed by atoms with Crippen molar-refractivity contribution >= 4 is 53.9 Å². The van der Waals surface area contributed by atoms with E-state index in [2.05, 4.69) is 0 Å². The molecule has 0 fully saturated rings. The first-order chi connectivity index (χ1) is 26.9. The molecule has 0 bridgehead atoms. The second-order valence-corrected chi connectivity index (χ2v) is 12.6. The Balaban J connectivity index is 1.76. The topological polar surface area (TPSA) is 193 Å². The third kappa shape index (κ3) is 10.7. The van der Waals surface area contributed by atoms with Crippen molar-refractivity contribution in [1.29, 1.82) is 0 Å². The van der Waals surface area contributed by atoms with Crippen molar-refractivity contribution in [2.45, 2.75) is 60.5 Å². The van der Waals surface area contributed by atoms with Crippen LogP contribution in [-0.4, -0.2) is 41.8 Å². The molecule has 15 heteroatoms. The average molecular weight is 781 g/mol. The van der Waals surface area contributed by atoms with Crippen LogP contribution in [0.1, 0.15) is 88.3 Å². The first kappa shape index (κ1) is 40.9. The monoisotopic (exact) mass is 780 g/mol. The Bertz CT molecular complexity index is 2300. The molecule has 0 radical (unpaired) electrons. The Morgan fingerprint density at radius 1 is 0.456 bits per heavy atom. The van der Waals surface area contributed by atoms with Gasteiger partial charge >= 0.3 is 41.8 Å². The summed E-state index contributed by atoms with van der Waals surface area (Å²) in [6, 6.07) is 16.7. The lowest BCUT2D eigenvalue weighted by Crippen LogP contribution is -2.14. The molecule has 0 saturated carbocycles. The summed E-state index contributed by atoms with van der Waals surface area (Å²) in [6.45, 7) is 8.42. The number of carbonyl (C=O) groups is 7. The predicted octanol–water partition coefficient (Wildman–Crippen LogP) is 6.60. The predicted molar refractivity (Wildman–Crippen MR) is 199 cm³/mol. The number of hydrogen-bond acceptors (Lipinski definition) is 15. The standard InChI is InChI=1S/C42H36O15/c1-21(43)50-32-16-31(17-33(19-32)51-22(2)44)41-40-29(10-8-28-9-12-35(53-24(4)46)37(14-28)55-26(6)48)15-34(52-23(3)45)20-39(40)57-42(41)30-11-13-36(54-25(5)47)38(18-30)56-27(7)49/h8-20,41-42H,1-7H3/t41-,42+/m0/s1. The van der Waals surface area contributed by atoms with Gasteiger partial charge in [-0.1, -0.05) is 24.3 Å². The van der Waals surface area contributed by atoms with Gasteiger partial charge in [0.1, 0.15) is 29.1 Å². The van der Waals surface area contributed by atoms with Crippen LogP contribution in [0.5, 0.6) is 46.0 Å². The summed E-state index contributed by atoms with van der Waals surface area (Å²) < 4.78 is 44.2. The molecule has 0 aromatic heterocycles. The minimum Gasteiger partial charge on any atom is -0.484 e. The van der Waals surface area contributed by atoms with Crippen molar-refractivity contribution in [1.82, 2.24) is 0 Å². The fourth-order valence-corrected chi connectivity index (χ4v) is 6.06. The van der Waals surface area contributed by atoms with E-state index in [1.165, 1.54) is 84.9 Å². The van der Waals surface area contributed by atoms with Gasteiger partial charge in [0.15, 0.2) is 23.0 Å². The molecule has 1 heterocycles. The number of hydrogen-bond donors (Lipinski definition) is 0. The lowest BCUT2D eigenvalue weighted by molar-refractivity contribution is -0.134. The third-order valence-corrected chi connectivity index (χ3v) is 7.80. The summed E-state index contributed by atoms with van der Waals surface area (Å²) >= 11 is 0. The Morgan fingerprint density at radius 3 is 1.42 bits per heavy atom. The molecule has 57 heavy (non-hydrogen) atoms. The van der Waals surface area contributed by atoms with Crippen LogP contribution in [-0.2, 0) is 33.6 Å². The number of ether oxygens (including phenoxy) is 8. The minimum atomic E-state index is -0.961. The third-order valence-electron chi connectivity index (χ3n) is 7.80. The van der Waals surface area contributed by atoms with Crippen LogP contribution in [0.15, 0.2) is 66.7 Å². The fraction of sp³-hybridized carbons (Fsp3) is 0.214. The molecule has 0 N–H and O–H groups in total. The van der Waals surface area contributed by atoms with Crippen LogP contribution >= 0.6 is 0 Å². The lowest BCUT2D eigenvalue weighted by Gasteiger charge is -2.23. The summed E-state index contributed by atoms with van der Waals surface area (Å²) in [5.74, 6) is -4.98. The molecule has 0 unspecified atom stereocenters. The molecule has 1 aliphatic rings. The van der Waals surface area contributed by atoms with Crippen molar-refractivity contribution in [2.75, 3.05) is 0 Å². The van der Waals surface area contributed by atoms with Gasteiger partial charge in [-0.25, -0.2) is 0 Å². The molecule has 1 aliphatic heterocycles. The van der Waals surface area contributed by atoms with Crippen LogP contribution in [0, 0.1) is 0 Å². The smallest absolute Gasteiger partial charge is 0.308 e. The zero-order chi connectivity index (χ0) is 41.6. The molecule has 0 saturated heterocycles. The lowest BCUT2D eigenvalue weighted by atomic mass is 9.82. The van der Waals surface area contributed by atoms with Crippen LogP contribution < -0.4 is 37.9 Å². The summed E-state index contributed by atoms with van der Waals surface area (Å²) in [7, 11) is 0. The maximum absolute atomic E-state index is 12.2. The van der Waals surface area contributed by atoms with E-state index >= 15 is 0 Å². The van der Waals surface area contributed by atoms with Crippen molar-refractivity contribution in [3.63, 3.8) is 0 Å². The van der Waals surface area contributed by atoms with E-state index in [9.17, 15) is 33.6 Å². The molecule has 4 aromatic carbocycles. The van der Waals surface area contributed by atoms with Crippen molar-refractivity contribution in [3.8, 4) is 46.0 Å². The second-order valence-electron chi connectivity index (χ2n) is 12.6.